The maximum Gasteiger partial charge on any atom is 0.268 e. The first-order valence-electron chi connectivity index (χ1n) is 8.25. The van der Waals surface area contributed by atoms with Gasteiger partial charge in [-0.1, -0.05) is 18.2 Å². The molecule has 0 amide bonds. The molecule has 2 aromatic heterocycles. The normalized spacial score (nSPS) is 11.9. The average Bonchev–Trinajstić information content (AvgIpc) is 3.27. The summed E-state index contributed by atoms with van der Waals surface area (Å²) in [6.07, 6.45) is 4.79. The Balaban J connectivity index is 1.95. The first kappa shape index (κ1) is 17.4. The Labute approximate surface area is 155 Å². The molecule has 0 bridgehead atoms. The fourth-order valence-electron chi connectivity index (χ4n) is 3.03. The second-order valence-electron chi connectivity index (χ2n) is 6.03. The van der Waals surface area contributed by atoms with Gasteiger partial charge in [-0.3, -0.25) is 4.68 Å². The molecular weight excluding hydrogens is 369 g/mol. The summed E-state index contributed by atoms with van der Waals surface area (Å²) < 4.78 is 42.7. The summed E-state index contributed by atoms with van der Waals surface area (Å²) in [5, 5.41) is 13.8. The predicted molar refractivity (Wildman–Crippen MR) is 99.2 cm³/mol. The van der Waals surface area contributed by atoms with Crippen molar-refractivity contribution in [2.75, 3.05) is 6.61 Å². The minimum Gasteiger partial charge on any atom is -0.394 e. The minimum absolute atomic E-state index is 0.0591. The molecule has 4 rings (SSSR count). The fourth-order valence-corrected chi connectivity index (χ4v) is 4.42. The lowest BCUT2D eigenvalue weighted by Crippen LogP contribution is -2.11. The lowest BCUT2D eigenvalue weighted by atomic mass is 10.1. The first-order chi connectivity index (χ1) is 13.0. The third kappa shape index (κ3) is 3.02. The molecule has 6 nitrogen and oxygen atoms in total. The van der Waals surface area contributed by atoms with E-state index in [2.05, 4.69) is 5.10 Å². The van der Waals surface area contributed by atoms with Gasteiger partial charge in [-0.2, -0.15) is 5.10 Å². The van der Waals surface area contributed by atoms with Gasteiger partial charge in [-0.15, -0.1) is 0 Å². The van der Waals surface area contributed by atoms with Gasteiger partial charge < -0.3 is 5.11 Å². The number of aliphatic hydroxyl groups is 1. The van der Waals surface area contributed by atoms with Crippen LogP contribution in [0, 0.1) is 5.82 Å². The molecule has 138 valence electrons. The van der Waals surface area contributed by atoms with Crippen molar-refractivity contribution in [1.29, 1.82) is 0 Å². The maximum atomic E-state index is 13.9. The molecule has 0 saturated carbocycles. The fraction of sp³-hybridized carbons (Fsp3) is 0.105. The van der Waals surface area contributed by atoms with Crippen molar-refractivity contribution in [2.45, 2.75) is 11.4 Å². The van der Waals surface area contributed by atoms with E-state index in [-0.39, 0.29) is 17.0 Å². The molecule has 27 heavy (non-hydrogen) atoms. The molecule has 0 radical (unpaired) electrons. The van der Waals surface area contributed by atoms with E-state index in [0.29, 0.717) is 23.1 Å². The largest absolute Gasteiger partial charge is 0.394 e. The molecule has 0 saturated heterocycles. The molecule has 2 heterocycles. The number of fused-ring (bicyclic) bond motifs is 1. The van der Waals surface area contributed by atoms with Gasteiger partial charge in [0.05, 0.1) is 29.8 Å². The smallest absolute Gasteiger partial charge is 0.268 e. The van der Waals surface area contributed by atoms with Crippen LogP contribution >= 0.6 is 0 Å². The summed E-state index contributed by atoms with van der Waals surface area (Å²) in [5.41, 5.74) is 1.56. The summed E-state index contributed by atoms with van der Waals surface area (Å²) in [6, 6.07) is 12.1. The maximum absolute atomic E-state index is 13.9. The van der Waals surface area contributed by atoms with Crippen LogP contribution in [0.4, 0.5) is 4.39 Å². The van der Waals surface area contributed by atoms with Gasteiger partial charge in [0.2, 0.25) is 0 Å². The number of rotatable bonds is 5. The third-order valence-corrected chi connectivity index (χ3v) is 5.99. The molecule has 0 unspecified atom stereocenters. The van der Waals surface area contributed by atoms with E-state index in [9.17, 15) is 12.8 Å². The Morgan fingerprint density at radius 2 is 1.85 bits per heavy atom. The zero-order valence-electron chi connectivity index (χ0n) is 14.2. The SMILES string of the molecule is O=S(=O)(c1ccccc1)n1cc(-c2cnn(CCO)c2)c2ccc(F)cc21. The van der Waals surface area contributed by atoms with Gasteiger partial charge in [0.15, 0.2) is 0 Å². The topological polar surface area (TPSA) is 77.1 Å². The zero-order valence-corrected chi connectivity index (χ0v) is 15.0. The molecule has 0 aliphatic carbocycles. The van der Waals surface area contributed by atoms with Crippen molar-refractivity contribution < 1.29 is 17.9 Å². The summed E-state index contributed by atoms with van der Waals surface area (Å²) in [5.74, 6) is -0.521. The van der Waals surface area contributed by atoms with Gasteiger partial charge in [0.1, 0.15) is 5.82 Å². The van der Waals surface area contributed by atoms with Gasteiger partial charge in [0.25, 0.3) is 10.0 Å². The van der Waals surface area contributed by atoms with Crippen LogP contribution in [0.1, 0.15) is 0 Å². The van der Waals surface area contributed by atoms with Crippen molar-refractivity contribution >= 4 is 20.9 Å². The van der Waals surface area contributed by atoms with Gasteiger partial charge in [0, 0.05) is 28.9 Å². The van der Waals surface area contributed by atoms with Crippen LogP contribution in [-0.2, 0) is 16.6 Å². The highest BCUT2D eigenvalue weighted by Gasteiger charge is 2.22. The second-order valence-corrected chi connectivity index (χ2v) is 7.85. The minimum atomic E-state index is -3.89. The zero-order chi connectivity index (χ0) is 19.0. The molecule has 0 aliphatic heterocycles. The monoisotopic (exact) mass is 385 g/mol. The highest BCUT2D eigenvalue weighted by atomic mass is 32.2. The quantitative estimate of drug-likeness (QED) is 0.573. The average molecular weight is 385 g/mol. The Morgan fingerprint density at radius 3 is 2.59 bits per heavy atom. The number of benzene rings is 2. The number of hydrogen-bond donors (Lipinski definition) is 1. The summed E-state index contributed by atoms with van der Waals surface area (Å²) in [6.45, 7) is 0.270. The predicted octanol–water partition coefficient (Wildman–Crippen LogP) is 2.87. The Hall–Kier alpha value is -2.97. The molecule has 8 heteroatoms. The van der Waals surface area contributed by atoms with Crippen LogP contribution in [0.5, 0.6) is 0 Å². The number of aliphatic hydroxyl groups excluding tert-OH is 1. The van der Waals surface area contributed by atoms with Gasteiger partial charge in [-0.25, -0.2) is 16.8 Å². The molecule has 0 aliphatic rings. The summed E-state index contributed by atoms with van der Waals surface area (Å²) >= 11 is 0. The number of hydrogen-bond acceptors (Lipinski definition) is 4. The molecular formula is C19H16FN3O3S. The molecule has 2 aromatic carbocycles. The Kier molecular flexibility index (Phi) is 4.29. The lowest BCUT2D eigenvalue weighted by Gasteiger charge is -2.07. The van der Waals surface area contributed by atoms with Crippen LogP contribution < -0.4 is 0 Å². The Bertz CT molecular complexity index is 1210. The van der Waals surface area contributed by atoms with Crippen molar-refractivity contribution in [2.24, 2.45) is 0 Å². The van der Waals surface area contributed by atoms with Crippen LogP contribution in [-0.4, -0.2) is 33.9 Å². The first-order valence-corrected chi connectivity index (χ1v) is 9.69. The summed E-state index contributed by atoms with van der Waals surface area (Å²) in [7, 11) is -3.89. The van der Waals surface area contributed by atoms with E-state index >= 15 is 0 Å². The molecule has 1 N–H and O–H groups in total. The standard InChI is InChI=1S/C19H16FN3O3S/c20-15-6-7-17-18(14-11-21-22(12-14)8-9-24)13-23(19(17)10-15)27(25,26)16-4-2-1-3-5-16/h1-7,10-13,24H,8-9H2. The highest BCUT2D eigenvalue weighted by molar-refractivity contribution is 7.90. The lowest BCUT2D eigenvalue weighted by molar-refractivity contribution is 0.269. The number of nitrogens with zero attached hydrogens (tertiary/aromatic N) is 3. The van der Waals surface area contributed by atoms with Gasteiger partial charge in [-0.05, 0) is 30.3 Å². The van der Waals surface area contributed by atoms with Crippen molar-refractivity contribution in [3.05, 3.63) is 72.9 Å². The number of halogens is 1. The van der Waals surface area contributed by atoms with E-state index in [1.54, 1.807) is 41.3 Å². The highest BCUT2D eigenvalue weighted by Crippen LogP contribution is 2.33. The Morgan fingerprint density at radius 1 is 1.07 bits per heavy atom. The van der Waals surface area contributed by atoms with Crippen LogP contribution in [0.15, 0.2) is 72.0 Å². The molecule has 4 aromatic rings. The van der Waals surface area contributed by atoms with E-state index < -0.39 is 15.8 Å². The van der Waals surface area contributed by atoms with Crippen molar-refractivity contribution in [3.8, 4) is 11.1 Å². The van der Waals surface area contributed by atoms with Crippen molar-refractivity contribution in [3.63, 3.8) is 0 Å². The van der Waals surface area contributed by atoms with E-state index in [4.69, 9.17) is 5.11 Å². The van der Waals surface area contributed by atoms with Gasteiger partial charge >= 0.3 is 0 Å². The van der Waals surface area contributed by atoms with Crippen molar-refractivity contribution in [1.82, 2.24) is 13.8 Å². The molecule has 0 atom stereocenters. The van der Waals surface area contributed by atoms with Crippen LogP contribution in [0.25, 0.3) is 22.0 Å². The second kappa shape index (κ2) is 6.64. The van der Waals surface area contributed by atoms with Crippen LogP contribution in [0.2, 0.25) is 0 Å². The van der Waals surface area contributed by atoms with Crippen LogP contribution in [0.3, 0.4) is 0 Å². The third-order valence-electron chi connectivity index (χ3n) is 4.31. The molecule has 0 spiro atoms. The summed E-state index contributed by atoms with van der Waals surface area (Å²) in [4.78, 5) is 0.119. The van der Waals surface area contributed by atoms with E-state index in [1.165, 1.54) is 30.5 Å². The molecule has 0 fully saturated rings. The van der Waals surface area contributed by atoms with E-state index in [0.717, 1.165) is 3.97 Å². The number of aromatic nitrogens is 3. The van der Waals surface area contributed by atoms with E-state index in [1.807, 2.05) is 0 Å².